The topological polar surface area (TPSA) is 29.5 Å². The van der Waals surface area contributed by atoms with Crippen molar-refractivity contribution in [2.24, 2.45) is 0 Å². The third kappa shape index (κ3) is 4.22. The van der Waals surface area contributed by atoms with E-state index in [1.807, 2.05) is 13.0 Å². The van der Waals surface area contributed by atoms with E-state index in [1.165, 1.54) is 0 Å². The Morgan fingerprint density at radius 3 is 2.47 bits per heavy atom. The summed E-state index contributed by atoms with van der Waals surface area (Å²) in [6.07, 6.45) is 0.484. The van der Waals surface area contributed by atoms with Crippen molar-refractivity contribution in [3.63, 3.8) is 0 Å². The van der Waals surface area contributed by atoms with E-state index >= 15 is 0 Å². The zero-order valence-corrected chi connectivity index (χ0v) is 12.9. The summed E-state index contributed by atoms with van der Waals surface area (Å²) in [7, 11) is 1.57. The van der Waals surface area contributed by atoms with Gasteiger partial charge in [0.25, 0.3) is 0 Å². The Morgan fingerprint density at radius 2 is 1.95 bits per heavy atom. The summed E-state index contributed by atoms with van der Waals surface area (Å²) in [5.41, 5.74) is 1.49. The van der Waals surface area contributed by atoms with Crippen molar-refractivity contribution in [1.29, 1.82) is 0 Å². The van der Waals surface area contributed by atoms with Crippen LogP contribution in [-0.2, 0) is 0 Å². The quantitative estimate of drug-likeness (QED) is 0.717. The second-order valence-corrected chi connectivity index (χ2v) is 4.91. The van der Waals surface area contributed by atoms with Crippen molar-refractivity contribution >= 4 is 17.4 Å². The number of hydrogen-bond acceptors (Lipinski definition) is 3. The molecule has 106 valence electrons. The molecule has 0 bridgehead atoms. The maximum absolute atomic E-state index is 12.3. The number of methoxy groups -OCH3 is 1. The first-order chi connectivity index (χ1) is 9.03. The second-order valence-electron chi connectivity index (χ2n) is 4.50. The Balaban J connectivity index is 2.84. The molecular formula is C15H22ClNO2. The molecule has 0 saturated carbocycles. The van der Waals surface area contributed by atoms with Crippen LogP contribution in [0.1, 0.15) is 36.2 Å². The zero-order valence-electron chi connectivity index (χ0n) is 12.1. The van der Waals surface area contributed by atoms with Gasteiger partial charge < -0.3 is 9.64 Å². The fraction of sp³-hybridized carbons (Fsp3) is 0.533. The van der Waals surface area contributed by atoms with Gasteiger partial charge in [-0.25, -0.2) is 0 Å². The molecule has 3 nitrogen and oxygen atoms in total. The van der Waals surface area contributed by atoms with Gasteiger partial charge in [-0.05, 0) is 37.7 Å². The highest BCUT2D eigenvalue weighted by molar-refractivity contribution is 6.31. The average molecular weight is 284 g/mol. The van der Waals surface area contributed by atoms with Crippen molar-refractivity contribution in [2.75, 3.05) is 26.7 Å². The molecule has 0 heterocycles. The Labute approximate surface area is 120 Å². The lowest BCUT2D eigenvalue weighted by molar-refractivity contribution is 0.0963. The van der Waals surface area contributed by atoms with Crippen molar-refractivity contribution in [1.82, 2.24) is 4.90 Å². The molecule has 0 radical (unpaired) electrons. The monoisotopic (exact) mass is 283 g/mol. The van der Waals surface area contributed by atoms with Gasteiger partial charge in [-0.2, -0.15) is 0 Å². The normalized spacial score (nSPS) is 10.8. The number of carbonyl (C=O) groups is 1. The minimum atomic E-state index is 0.0747. The van der Waals surface area contributed by atoms with E-state index in [-0.39, 0.29) is 5.78 Å². The first-order valence-corrected chi connectivity index (χ1v) is 7.00. The molecule has 0 fully saturated rings. The first-order valence-electron chi connectivity index (χ1n) is 6.63. The summed E-state index contributed by atoms with van der Waals surface area (Å²) in [4.78, 5) is 14.5. The highest BCUT2D eigenvalue weighted by Gasteiger charge is 2.15. The van der Waals surface area contributed by atoms with Crippen LogP contribution in [0.4, 0.5) is 0 Å². The lowest BCUT2D eigenvalue weighted by Gasteiger charge is -2.17. The summed E-state index contributed by atoms with van der Waals surface area (Å²) in [5.74, 6) is 0.678. The van der Waals surface area contributed by atoms with Gasteiger partial charge in [-0.1, -0.05) is 25.4 Å². The molecule has 0 spiro atoms. The van der Waals surface area contributed by atoms with Gasteiger partial charge in [-0.15, -0.1) is 0 Å². The fourth-order valence-corrected chi connectivity index (χ4v) is 2.14. The third-order valence-corrected chi connectivity index (χ3v) is 3.74. The number of halogens is 1. The van der Waals surface area contributed by atoms with Crippen molar-refractivity contribution in [2.45, 2.75) is 27.2 Å². The van der Waals surface area contributed by atoms with E-state index < -0.39 is 0 Å². The van der Waals surface area contributed by atoms with Crippen LogP contribution in [0.5, 0.6) is 5.75 Å². The van der Waals surface area contributed by atoms with Crippen LogP contribution in [0.25, 0.3) is 0 Å². The lowest BCUT2D eigenvalue weighted by Crippen LogP contribution is -2.25. The standard InChI is InChI=1S/C15H22ClNO2/c1-5-17(6-2)8-7-14(18)12-10-13(16)11(3)9-15(12)19-4/h9-10H,5-8H2,1-4H3. The third-order valence-electron chi connectivity index (χ3n) is 3.33. The Morgan fingerprint density at radius 1 is 1.32 bits per heavy atom. The van der Waals surface area contributed by atoms with Crippen molar-refractivity contribution < 1.29 is 9.53 Å². The number of ether oxygens (including phenoxy) is 1. The second kappa shape index (κ2) is 7.51. The molecule has 0 saturated heterocycles. The smallest absolute Gasteiger partial charge is 0.167 e. The lowest BCUT2D eigenvalue weighted by atomic mass is 10.0. The van der Waals surface area contributed by atoms with Crippen LogP contribution in [0.3, 0.4) is 0 Å². The first kappa shape index (κ1) is 16.0. The maximum Gasteiger partial charge on any atom is 0.167 e. The molecule has 4 heteroatoms. The molecule has 0 atom stereocenters. The largest absolute Gasteiger partial charge is 0.496 e. The van der Waals surface area contributed by atoms with Gasteiger partial charge in [0, 0.05) is 18.0 Å². The highest BCUT2D eigenvalue weighted by atomic mass is 35.5. The van der Waals surface area contributed by atoms with Gasteiger partial charge >= 0.3 is 0 Å². The van der Waals surface area contributed by atoms with Crippen molar-refractivity contribution in [3.8, 4) is 5.75 Å². The van der Waals surface area contributed by atoms with E-state index in [9.17, 15) is 4.79 Å². The number of carbonyl (C=O) groups excluding carboxylic acids is 1. The molecule has 1 aromatic carbocycles. The average Bonchev–Trinajstić information content (AvgIpc) is 2.42. The number of Topliss-reactive ketones (excluding diaryl/α,β-unsaturated/α-hetero) is 1. The minimum absolute atomic E-state index is 0.0747. The molecule has 0 N–H and O–H groups in total. The van der Waals surface area contributed by atoms with E-state index in [0.717, 1.165) is 25.2 Å². The molecule has 0 aliphatic carbocycles. The highest BCUT2D eigenvalue weighted by Crippen LogP contribution is 2.27. The Kier molecular flexibility index (Phi) is 6.32. The Bertz CT molecular complexity index is 442. The van der Waals surface area contributed by atoms with Crippen LogP contribution in [0.2, 0.25) is 5.02 Å². The van der Waals surface area contributed by atoms with E-state index in [0.29, 0.717) is 22.8 Å². The number of hydrogen-bond donors (Lipinski definition) is 0. The predicted octanol–water partition coefficient (Wildman–Crippen LogP) is 3.57. The molecule has 1 rings (SSSR count). The number of rotatable bonds is 7. The van der Waals surface area contributed by atoms with Gasteiger partial charge in [-0.3, -0.25) is 4.79 Å². The zero-order chi connectivity index (χ0) is 14.4. The summed E-state index contributed by atoms with van der Waals surface area (Å²) in [6, 6.07) is 3.52. The van der Waals surface area contributed by atoms with Gasteiger partial charge in [0.05, 0.1) is 12.7 Å². The molecule has 0 amide bonds. The number of benzene rings is 1. The fourth-order valence-electron chi connectivity index (χ4n) is 1.98. The molecule has 1 aromatic rings. The molecule has 0 unspecified atom stereocenters. The summed E-state index contributed by atoms with van der Waals surface area (Å²) < 4.78 is 5.27. The number of ketones is 1. The summed E-state index contributed by atoms with van der Waals surface area (Å²) in [5, 5.41) is 0.604. The van der Waals surface area contributed by atoms with E-state index in [1.54, 1.807) is 13.2 Å². The summed E-state index contributed by atoms with van der Waals surface area (Å²) in [6.45, 7) is 8.76. The maximum atomic E-state index is 12.3. The molecule has 19 heavy (non-hydrogen) atoms. The molecular weight excluding hydrogens is 262 g/mol. The minimum Gasteiger partial charge on any atom is -0.496 e. The number of nitrogens with zero attached hydrogens (tertiary/aromatic N) is 1. The van der Waals surface area contributed by atoms with Crippen LogP contribution in [-0.4, -0.2) is 37.4 Å². The molecule has 0 aliphatic rings. The van der Waals surface area contributed by atoms with Gasteiger partial charge in [0.15, 0.2) is 5.78 Å². The Hall–Kier alpha value is -1.06. The predicted molar refractivity (Wildman–Crippen MR) is 79.5 cm³/mol. The SMILES string of the molecule is CCN(CC)CCC(=O)c1cc(Cl)c(C)cc1OC. The van der Waals surface area contributed by atoms with E-state index in [4.69, 9.17) is 16.3 Å². The van der Waals surface area contributed by atoms with Gasteiger partial charge in [0.2, 0.25) is 0 Å². The number of aryl methyl sites for hydroxylation is 1. The van der Waals surface area contributed by atoms with Crippen molar-refractivity contribution in [3.05, 3.63) is 28.3 Å². The molecule has 0 aliphatic heterocycles. The van der Waals surface area contributed by atoms with E-state index in [2.05, 4.69) is 18.7 Å². The van der Waals surface area contributed by atoms with Crippen LogP contribution in [0.15, 0.2) is 12.1 Å². The van der Waals surface area contributed by atoms with Crippen LogP contribution >= 0.6 is 11.6 Å². The van der Waals surface area contributed by atoms with Crippen LogP contribution in [0, 0.1) is 6.92 Å². The van der Waals surface area contributed by atoms with Gasteiger partial charge in [0.1, 0.15) is 5.75 Å². The summed E-state index contributed by atoms with van der Waals surface area (Å²) >= 11 is 6.09. The van der Waals surface area contributed by atoms with Crippen LogP contribution < -0.4 is 4.74 Å². The molecule has 0 aromatic heterocycles.